The standard InChI is InChI=1S/C24H31O6P/c1-5-7-8-20(6-2)17-28-31(27,29-23(25)21-13-9-18(3)10-14-21)30-24(26)22-15-11-19(4)12-16-22/h9-16,20H,5-8,17H2,1-4H3. The van der Waals surface area contributed by atoms with Crippen molar-refractivity contribution < 1.29 is 27.7 Å². The predicted octanol–water partition coefficient (Wildman–Crippen LogP) is 6.66. The first-order valence-electron chi connectivity index (χ1n) is 10.6. The van der Waals surface area contributed by atoms with E-state index >= 15 is 0 Å². The second kappa shape index (κ2) is 11.8. The van der Waals surface area contributed by atoms with Gasteiger partial charge in [0.2, 0.25) is 0 Å². The van der Waals surface area contributed by atoms with Crippen LogP contribution in [0, 0.1) is 19.8 Å². The number of phosphoric acid groups is 1. The molecular weight excluding hydrogens is 415 g/mol. The minimum absolute atomic E-state index is 0.0656. The van der Waals surface area contributed by atoms with Gasteiger partial charge in [0, 0.05) is 0 Å². The maximum absolute atomic E-state index is 13.3. The molecule has 31 heavy (non-hydrogen) atoms. The van der Waals surface area contributed by atoms with Crippen LogP contribution >= 0.6 is 7.82 Å². The Labute approximate surface area is 184 Å². The number of unbranched alkanes of at least 4 members (excludes halogenated alkanes) is 1. The molecule has 1 unspecified atom stereocenters. The highest BCUT2D eigenvalue weighted by Gasteiger charge is 2.37. The number of carbonyl (C=O) groups is 2. The number of phosphoric ester groups is 1. The molecule has 2 aromatic carbocycles. The Balaban J connectivity index is 2.19. The molecule has 1 atom stereocenters. The SMILES string of the molecule is CCCCC(CC)COP(=O)(OC(=O)c1ccc(C)cc1)OC(=O)c1ccc(C)cc1. The molecule has 168 valence electrons. The Hall–Kier alpha value is -2.43. The van der Waals surface area contributed by atoms with Crippen LogP contribution in [0.3, 0.4) is 0 Å². The molecule has 2 rings (SSSR count). The molecule has 6 nitrogen and oxygen atoms in total. The van der Waals surface area contributed by atoms with E-state index in [-0.39, 0.29) is 23.7 Å². The lowest BCUT2D eigenvalue weighted by Gasteiger charge is -2.20. The highest BCUT2D eigenvalue weighted by atomic mass is 31.2. The average Bonchev–Trinajstić information content (AvgIpc) is 2.74. The molecule has 0 radical (unpaired) electrons. The van der Waals surface area contributed by atoms with E-state index in [1.807, 2.05) is 20.8 Å². The summed E-state index contributed by atoms with van der Waals surface area (Å²) in [5, 5.41) is 0. The summed E-state index contributed by atoms with van der Waals surface area (Å²) in [7, 11) is -4.48. The summed E-state index contributed by atoms with van der Waals surface area (Å²) in [6, 6.07) is 13.2. The van der Waals surface area contributed by atoms with Crippen molar-refractivity contribution in [3.05, 3.63) is 70.8 Å². The maximum atomic E-state index is 13.3. The highest BCUT2D eigenvalue weighted by molar-refractivity contribution is 7.49. The lowest BCUT2D eigenvalue weighted by Crippen LogP contribution is -2.15. The predicted molar refractivity (Wildman–Crippen MR) is 120 cm³/mol. The van der Waals surface area contributed by atoms with Gasteiger partial charge in [0.25, 0.3) is 0 Å². The lowest BCUT2D eigenvalue weighted by atomic mass is 10.0. The third-order valence-corrected chi connectivity index (χ3v) is 6.22. The number of hydrogen-bond acceptors (Lipinski definition) is 6. The second-order valence-electron chi connectivity index (χ2n) is 7.65. The minimum atomic E-state index is -4.48. The Bertz CT molecular complexity index is 841. The molecule has 0 aliphatic carbocycles. The largest absolute Gasteiger partial charge is 0.592 e. The van der Waals surface area contributed by atoms with Crippen LogP contribution in [-0.4, -0.2) is 18.5 Å². The van der Waals surface area contributed by atoms with Gasteiger partial charge in [-0.05, 0) is 50.5 Å². The van der Waals surface area contributed by atoms with Gasteiger partial charge in [-0.1, -0.05) is 68.5 Å². The molecule has 0 bridgehead atoms. The van der Waals surface area contributed by atoms with Crippen LogP contribution in [0.4, 0.5) is 0 Å². The summed E-state index contributed by atoms with van der Waals surface area (Å²) in [6.07, 6.45) is 3.71. The molecule has 0 saturated carbocycles. The molecule has 0 spiro atoms. The van der Waals surface area contributed by atoms with E-state index in [0.717, 1.165) is 36.8 Å². The summed E-state index contributed by atoms with van der Waals surface area (Å²) in [5.41, 5.74) is 2.31. The first kappa shape index (κ1) is 24.8. The van der Waals surface area contributed by atoms with E-state index in [0.29, 0.717) is 0 Å². The van der Waals surface area contributed by atoms with E-state index in [1.165, 1.54) is 0 Å². The zero-order valence-electron chi connectivity index (χ0n) is 18.6. The Morgan fingerprint density at radius 1 is 0.839 bits per heavy atom. The van der Waals surface area contributed by atoms with Crippen molar-refractivity contribution in [1.82, 2.24) is 0 Å². The van der Waals surface area contributed by atoms with Crippen molar-refractivity contribution in [1.29, 1.82) is 0 Å². The lowest BCUT2D eigenvalue weighted by molar-refractivity contribution is 0.0491. The van der Waals surface area contributed by atoms with E-state index in [2.05, 4.69) is 6.92 Å². The van der Waals surface area contributed by atoms with Gasteiger partial charge in [0.1, 0.15) is 0 Å². The van der Waals surface area contributed by atoms with Gasteiger partial charge in [0.15, 0.2) is 0 Å². The molecule has 0 fully saturated rings. The number of benzene rings is 2. The van der Waals surface area contributed by atoms with Crippen LogP contribution in [0.2, 0.25) is 0 Å². The third-order valence-electron chi connectivity index (χ3n) is 4.98. The average molecular weight is 446 g/mol. The normalized spacial score (nSPS) is 12.3. The Morgan fingerprint density at radius 3 is 1.68 bits per heavy atom. The highest BCUT2D eigenvalue weighted by Crippen LogP contribution is 2.51. The summed E-state index contributed by atoms with van der Waals surface area (Å²) >= 11 is 0. The van der Waals surface area contributed by atoms with Gasteiger partial charge >= 0.3 is 19.8 Å². The maximum Gasteiger partial charge on any atom is 0.592 e. The molecular formula is C24H31O6P. The fraction of sp³-hybridized carbons (Fsp3) is 0.417. The summed E-state index contributed by atoms with van der Waals surface area (Å²) in [4.78, 5) is 25.1. The van der Waals surface area contributed by atoms with Crippen molar-refractivity contribution in [3.63, 3.8) is 0 Å². The number of aryl methyl sites for hydroxylation is 2. The topological polar surface area (TPSA) is 78.9 Å². The molecule has 7 heteroatoms. The molecule has 2 aromatic rings. The minimum Gasteiger partial charge on any atom is -0.357 e. The number of hydrogen-bond donors (Lipinski definition) is 0. The van der Waals surface area contributed by atoms with Crippen LogP contribution in [0.15, 0.2) is 48.5 Å². The fourth-order valence-corrected chi connectivity index (χ4v) is 4.01. The van der Waals surface area contributed by atoms with E-state index in [4.69, 9.17) is 13.6 Å². The molecule has 0 amide bonds. The first-order valence-corrected chi connectivity index (χ1v) is 12.1. The van der Waals surface area contributed by atoms with Crippen LogP contribution in [0.5, 0.6) is 0 Å². The monoisotopic (exact) mass is 446 g/mol. The molecule has 0 heterocycles. The fourth-order valence-electron chi connectivity index (χ4n) is 2.85. The molecule has 0 aliphatic heterocycles. The van der Waals surface area contributed by atoms with E-state index < -0.39 is 19.8 Å². The van der Waals surface area contributed by atoms with Crippen molar-refractivity contribution in [2.45, 2.75) is 53.4 Å². The first-order chi connectivity index (χ1) is 14.8. The third kappa shape index (κ3) is 7.97. The van der Waals surface area contributed by atoms with Crippen molar-refractivity contribution in [2.75, 3.05) is 6.61 Å². The summed E-state index contributed by atoms with van der Waals surface area (Å²) < 4.78 is 29.0. The molecule has 0 aromatic heterocycles. The van der Waals surface area contributed by atoms with Gasteiger partial charge in [-0.3, -0.25) is 4.52 Å². The van der Waals surface area contributed by atoms with E-state index in [1.54, 1.807) is 48.5 Å². The zero-order chi connectivity index (χ0) is 22.9. The molecule has 0 aliphatic rings. The Kier molecular flexibility index (Phi) is 9.47. The number of rotatable bonds is 11. The smallest absolute Gasteiger partial charge is 0.357 e. The zero-order valence-corrected chi connectivity index (χ0v) is 19.5. The van der Waals surface area contributed by atoms with Gasteiger partial charge in [-0.15, -0.1) is 0 Å². The van der Waals surface area contributed by atoms with Crippen LogP contribution in [0.1, 0.15) is 71.4 Å². The quantitative estimate of drug-likeness (QED) is 0.359. The van der Waals surface area contributed by atoms with Crippen LogP contribution in [-0.2, 0) is 18.1 Å². The van der Waals surface area contributed by atoms with Crippen molar-refractivity contribution in [3.8, 4) is 0 Å². The van der Waals surface area contributed by atoms with E-state index in [9.17, 15) is 14.2 Å². The molecule has 0 saturated heterocycles. The summed E-state index contributed by atoms with van der Waals surface area (Å²) in [5.74, 6) is -1.63. The number of carbonyl (C=O) groups excluding carboxylic acids is 2. The van der Waals surface area contributed by atoms with Gasteiger partial charge in [0.05, 0.1) is 17.7 Å². The van der Waals surface area contributed by atoms with Gasteiger partial charge in [-0.25, -0.2) is 14.2 Å². The second-order valence-corrected chi connectivity index (χ2v) is 9.17. The van der Waals surface area contributed by atoms with Crippen molar-refractivity contribution >= 4 is 19.8 Å². The summed E-state index contributed by atoms with van der Waals surface area (Å²) in [6.45, 7) is 7.92. The van der Waals surface area contributed by atoms with Crippen LogP contribution in [0.25, 0.3) is 0 Å². The van der Waals surface area contributed by atoms with Gasteiger partial charge in [-0.2, -0.15) is 0 Å². The Morgan fingerprint density at radius 2 is 1.29 bits per heavy atom. The van der Waals surface area contributed by atoms with Crippen molar-refractivity contribution in [2.24, 2.45) is 5.92 Å². The molecule has 0 N–H and O–H groups in total. The van der Waals surface area contributed by atoms with Gasteiger partial charge < -0.3 is 9.05 Å². The van der Waals surface area contributed by atoms with Crippen LogP contribution < -0.4 is 0 Å².